The molecule has 2 rings (SSSR count). The monoisotopic (exact) mass is 458 g/mol. The van der Waals surface area contributed by atoms with Crippen LogP contribution in [0.2, 0.25) is 5.02 Å². The number of rotatable bonds is 6. The molecule has 0 aromatic heterocycles. The maximum atomic E-state index is 12.0. The van der Waals surface area contributed by atoms with Crippen LogP contribution >= 0.6 is 23.8 Å². The summed E-state index contributed by atoms with van der Waals surface area (Å²) in [5.41, 5.74) is 8.20. The maximum absolute atomic E-state index is 12.0. The van der Waals surface area contributed by atoms with Crippen molar-refractivity contribution in [2.45, 2.75) is 26.7 Å². The Morgan fingerprint density at radius 3 is 2.42 bits per heavy atom. The minimum Gasteiger partial charge on any atom is -0.326 e. The predicted octanol–water partition coefficient (Wildman–Crippen LogP) is 3.41. The van der Waals surface area contributed by atoms with Crippen molar-refractivity contribution in [3.8, 4) is 0 Å². The van der Waals surface area contributed by atoms with Crippen molar-refractivity contribution in [2.24, 2.45) is 0 Å². The van der Waals surface area contributed by atoms with Crippen molar-refractivity contribution in [3.63, 3.8) is 0 Å². The fourth-order valence-electron chi connectivity index (χ4n) is 2.54. The molecule has 4 N–H and O–H groups in total. The van der Waals surface area contributed by atoms with Crippen LogP contribution in [0.4, 0.5) is 5.69 Å². The van der Waals surface area contributed by atoms with Gasteiger partial charge in [0.05, 0.1) is 0 Å². The van der Waals surface area contributed by atoms with Crippen molar-refractivity contribution in [3.05, 3.63) is 70.3 Å². The van der Waals surface area contributed by atoms with Gasteiger partial charge in [-0.05, 0) is 55.4 Å². The van der Waals surface area contributed by atoms with Gasteiger partial charge in [-0.25, -0.2) is 0 Å². The smallest absolute Gasteiger partial charge is 0.250 e. The van der Waals surface area contributed by atoms with Gasteiger partial charge in [0.15, 0.2) is 5.11 Å². The Hall–Kier alpha value is -3.23. The number of amides is 3. The Morgan fingerprint density at radius 2 is 1.71 bits per heavy atom. The maximum Gasteiger partial charge on any atom is 0.250 e. The van der Waals surface area contributed by atoms with Crippen LogP contribution in [-0.2, 0) is 14.4 Å². The van der Waals surface area contributed by atoms with Crippen LogP contribution in [0, 0.1) is 13.8 Å². The summed E-state index contributed by atoms with van der Waals surface area (Å²) in [5.74, 6) is -1.21. The third-order valence-electron chi connectivity index (χ3n) is 4.11. The van der Waals surface area contributed by atoms with Crippen molar-refractivity contribution >= 4 is 58.4 Å². The third kappa shape index (κ3) is 8.57. The topological polar surface area (TPSA) is 99.3 Å². The highest BCUT2D eigenvalue weighted by Gasteiger charge is 2.09. The second kappa shape index (κ2) is 11.8. The van der Waals surface area contributed by atoms with Crippen LogP contribution in [0.3, 0.4) is 0 Å². The van der Waals surface area contributed by atoms with Gasteiger partial charge in [0.2, 0.25) is 17.7 Å². The average Bonchev–Trinajstić information content (AvgIpc) is 2.72. The zero-order valence-corrected chi connectivity index (χ0v) is 18.7. The minimum absolute atomic E-state index is 0.000519. The van der Waals surface area contributed by atoms with E-state index in [1.54, 1.807) is 30.3 Å². The van der Waals surface area contributed by atoms with E-state index in [4.69, 9.17) is 23.8 Å². The fraction of sp³-hybridized carbons (Fsp3) is 0.182. The largest absolute Gasteiger partial charge is 0.326 e. The molecule has 162 valence electrons. The summed E-state index contributed by atoms with van der Waals surface area (Å²) in [4.78, 5) is 35.8. The number of hydrogen-bond acceptors (Lipinski definition) is 4. The predicted molar refractivity (Wildman–Crippen MR) is 126 cm³/mol. The first-order valence-electron chi connectivity index (χ1n) is 9.44. The van der Waals surface area contributed by atoms with Gasteiger partial charge in [-0.2, -0.15) is 0 Å². The Balaban J connectivity index is 1.69. The number of hydrogen-bond donors (Lipinski definition) is 4. The number of aryl methyl sites for hydroxylation is 2. The lowest BCUT2D eigenvalue weighted by Crippen LogP contribution is -2.48. The standard InChI is InChI=1S/C22H23ClN4O3S/c1-14-7-9-18(15(2)13-14)24-19(28)11-12-21(30)26-27-22(31)25-20(29)10-8-16-5-3-4-6-17(16)23/h3-10,13H,11-12H2,1-2H3,(H,24,28)(H,26,30)(H2,25,27,29,31)/b10-8+. The Morgan fingerprint density at radius 1 is 1.00 bits per heavy atom. The van der Waals surface area contributed by atoms with Crippen molar-refractivity contribution in [1.82, 2.24) is 16.2 Å². The zero-order valence-electron chi connectivity index (χ0n) is 17.1. The molecule has 0 atom stereocenters. The molecule has 0 heterocycles. The number of hydrazine groups is 1. The molecule has 0 saturated carbocycles. The number of carbonyl (C=O) groups is 3. The highest BCUT2D eigenvalue weighted by atomic mass is 35.5. The van der Waals surface area contributed by atoms with E-state index in [1.165, 1.54) is 6.08 Å². The van der Waals surface area contributed by atoms with Gasteiger partial charge in [0, 0.05) is 29.6 Å². The Bertz CT molecular complexity index is 1020. The van der Waals surface area contributed by atoms with Crippen LogP contribution < -0.4 is 21.5 Å². The second-order valence-electron chi connectivity index (χ2n) is 6.71. The highest BCUT2D eigenvalue weighted by molar-refractivity contribution is 7.80. The van der Waals surface area contributed by atoms with E-state index in [0.29, 0.717) is 16.3 Å². The molecule has 3 amide bonds. The molecule has 0 bridgehead atoms. The number of thiocarbonyl (C=S) groups is 1. The molecule has 0 unspecified atom stereocenters. The number of carbonyl (C=O) groups excluding carboxylic acids is 3. The number of anilines is 1. The Kier molecular flexibility index (Phi) is 9.17. The van der Waals surface area contributed by atoms with Crippen molar-refractivity contribution in [1.29, 1.82) is 0 Å². The zero-order chi connectivity index (χ0) is 22.8. The number of benzene rings is 2. The lowest BCUT2D eigenvalue weighted by atomic mass is 10.1. The first-order valence-corrected chi connectivity index (χ1v) is 10.2. The first-order chi connectivity index (χ1) is 14.7. The molecular weight excluding hydrogens is 436 g/mol. The van der Waals surface area contributed by atoms with Gasteiger partial charge >= 0.3 is 0 Å². The number of halogens is 1. The number of nitrogens with one attached hydrogen (secondary N) is 4. The fourth-order valence-corrected chi connectivity index (χ4v) is 2.89. The first kappa shape index (κ1) is 24.0. The van der Waals surface area contributed by atoms with E-state index >= 15 is 0 Å². The summed E-state index contributed by atoms with van der Waals surface area (Å²) in [7, 11) is 0. The molecule has 0 aliphatic rings. The van der Waals surface area contributed by atoms with Crippen molar-refractivity contribution in [2.75, 3.05) is 5.32 Å². The average molecular weight is 459 g/mol. The molecule has 9 heteroatoms. The SMILES string of the molecule is Cc1ccc(NC(=O)CCC(=O)NNC(=S)NC(=O)/C=C/c2ccccc2Cl)c(C)c1. The lowest BCUT2D eigenvalue weighted by Gasteiger charge is -2.11. The van der Waals surface area contributed by atoms with Gasteiger partial charge < -0.3 is 5.32 Å². The van der Waals surface area contributed by atoms with E-state index in [9.17, 15) is 14.4 Å². The van der Waals surface area contributed by atoms with E-state index < -0.39 is 11.8 Å². The van der Waals surface area contributed by atoms with Crippen LogP contribution in [0.5, 0.6) is 0 Å². The van der Waals surface area contributed by atoms with E-state index in [1.807, 2.05) is 32.0 Å². The van der Waals surface area contributed by atoms with Crippen molar-refractivity contribution < 1.29 is 14.4 Å². The van der Waals surface area contributed by atoms with E-state index in [-0.39, 0.29) is 23.9 Å². The second-order valence-corrected chi connectivity index (χ2v) is 7.53. The molecule has 31 heavy (non-hydrogen) atoms. The summed E-state index contributed by atoms with van der Waals surface area (Å²) in [6.07, 6.45) is 2.77. The summed E-state index contributed by atoms with van der Waals surface area (Å²) in [6.45, 7) is 3.87. The molecule has 2 aromatic rings. The summed E-state index contributed by atoms with van der Waals surface area (Å²) < 4.78 is 0. The third-order valence-corrected chi connectivity index (χ3v) is 4.66. The summed E-state index contributed by atoms with van der Waals surface area (Å²) in [5, 5.41) is 5.60. The Labute approximate surface area is 191 Å². The summed E-state index contributed by atoms with van der Waals surface area (Å²) >= 11 is 11.0. The molecule has 0 saturated heterocycles. The van der Waals surface area contributed by atoms with Gasteiger partial charge in [-0.1, -0.05) is 47.5 Å². The van der Waals surface area contributed by atoms with Crippen LogP contribution in [0.25, 0.3) is 6.08 Å². The van der Waals surface area contributed by atoms with Gasteiger partial charge in [-0.15, -0.1) is 0 Å². The molecule has 0 aliphatic heterocycles. The highest BCUT2D eigenvalue weighted by Crippen LogP contribution is 2.17. The molecule has 0 spiro atoms. The quantitative estimate of drug-likeness (QED) is 0.302. The summed E-state index contributed by atoms with van der Waals surface area (Å²) in [6, 6.07) is 12.7. The van der Waals surface area contributed by atoms with Crippen LogP contribution in [0.1, 0.15) is 29.5 Å². The van der Waals surface area contributed by atoms with Gasteiger partial charge in [0.25, 0.3) is 0 Å². The van der Waals surface area contributed by atoms with E-state index in [2.05, 4.69) is 21.5 Å². The minimum atomic E-state index is -0.487. The molecule has 2 aromatic carbocycles. The van der Waals surface area contributed by atoms with E-state index in [0.717, 1.165) is 11.1 Å². The molecular formula is C22H23ClN4O3S. The molecule has 0 fully saturated rings. The molecule has 0 radical (unpaired) electrons. The lowest BCUT2D eigenvalue weighted by molar-refractivity contribution is -0.124. The normalized spacial score (nSPS) is 10.4. The van der Waals surface area contributed by atoms with Gasteiger partial charge in [0.1, 0.15) is 0 Å². The molecule has 0 aliphatic carbocycles. The van der Waals surface area contributed by atoms with Gasteiger partial charge in [-0.3, -0.25) is 30.6 Å². The molecule has 7 nitrogen and oxygen atoms in total. The van der Waals surface area contributed by atoms with Crippen LogP contribution in [0.15, 0.2) is 48.5 Å². The van der Waals surface area contributed by atoms with Crippen LogP contribution in [-0.4, -0.2) is 22.8 Å².